The molecule has 2 aliphatic rings. The number of urea groups is 1. The molecule has 0 radical (unpaired) electrons. The van der Waals surface area contributed by atoms with Gasteiger partial charge in [0.15, 0.2) is 5.78 Å². The molecule has 30 heavy (non-hydrogen) atoms. The van der Waals surface area contributed by atoms with Crippen molar-refractivity contribution in [3.63, 3.8) is 0 Å². The Bertz CT molecular complexity index is 1060. The first kappa shape index (κ1) is 20.6. The van der Waals surface area contributed by atoms with Crippen LogP contribution in [-0.4, -0.2) is 28.7 Å². The van der Waals surface area contributed by atoms with Gasteiger partial charge in [-0.2, -0.15) is 0 Å². The van der Waals surface area contributed by atoms with Gasteiger partial charge in [0.05, 0.1) is 17.5 Å². The van der Waals surface area contributed by atoms with E-state index in [4.69, 9.17) is 11.6 Å². The van der Waals surface area contributed by atoms with Crippen molar-refractivity contribution in [1.82, 2.24) is 10.2 Å². The minimum Gasteiger partial charge on any atom is -0.333 e. The highest BCUT2D eigenvalue weighted by atomic mass is 35.5. The number of benzene rings is 1. The van der Waals surface area contributed by atoms with Gasteiger partial charge < -0.3 is 15.5 Å². The molecule has 6 nitrogen and oxygen atoms in total. The van der Waals surface area contributed by atoms with Crippen LogP contribution in [-0.2, 0) is 17.9 Å². The summed E-state index contributed by atoms with van der Waals surface area (Å²) in [5.74, 6) is -0.0182. The Morgan fingerprint density at radius 2 is 2.13 bits per heavy atom. The van der Waals surface area contributed by atoms with E-state index in [0.717, 1.165) is 28.0 Å². The average Bonchev–Trinajstić information content (AvgIpc) is 3.22. The summed E-state index contributed by atoms with van der Waals surface area (Å²) < 4.78 is 0. The molecule has 3 amide bonds. The second kappa shape index (κ2) is 8.24. The zero-order chi connectivity index (χ0) is 21.4. The maximum absolute atomic E-state index is 12.8. The number of ketones is 1. The molecule has 4 rings (SSSR count). The molecule has 1 unspecified atom stereocenters. The van der Waals surface area contributed by atoms with E-state index in [0.29, 0.717) is 41.5 Å². The Kier molecular flexibility index (Phi) is 5.66. The lowest BCUT2D eigenvalue weighted by molar-refractivity contribution is -0.124. The van der Waals surface area contributed by atoms with Gasteiger partial charge in [-0.05, 0) is 49.1 Å². The summed E-state index contributed by atoms with van der Waals surface area (Å²) in [6.45, 7) is 6.54. The second-order valence-electron chi connectivity index (χ2n) is 7.72. The third-order valence-corrected chi connectivity index (χ3v) is 7.02. The summed E-state index contributed by atoms with van der Waals surface area (Å²) in [5, 5.41) is 6.14. The number of carbonyl (C=O) groups is 3. The Hall–Kier alpha value is -2.64. The minimum atomic E-state index is -0.351. The van der Waals surface area contributed by atoms with Crippen LogP contribution in [0.25, 0.3) is 0 Å². The lowest BCUT2D eigenvalue weighted by atomic mass is 9.90. The smallest absolute Gasteiger partial charge is 0.319 e. The predicted molar refractivity (Wildman–Crippen MR) is 118 cm³/mol. The molecular weight excluding hydrogens is 422 g/mol. The van der Waals surface area contributed by atoms with Crippen molar-refractivity contribution >= 4 is 46.3 Å². The van der Waals surface area contributed by atoms with Gasteiger partial charge in [0.1, 0.15) is 0 Å². The zero-order valence-electron chi connectivity index (χ0n) is 16.6. The highest BCUT2D eigenvalue weighted by Crippen LogP contribution is 2.35. The minimum absolute atomic E-state index is 0.0736. The monoisotopic (exact) mass is 443 g/mol. The van der Waals surface area contributed by atoms with Gasteiger partial charge in [-0.1, -0.05) is 29.8 Å². The highest BCUT2D eigenvalue weighted by molar-refractivity contribution is 7.14. The number of fused-ring (bicyclic) bond motifs is 1. The van der Waals surface area contributed by atoms with Crippen LogP contribution in [0.5, 0.6) is 0 Å². The molecule has 0 saturated heterocycles. The number of amides is 3. The number of nitrogens with zero attached hydrogens (tertiary/aromatic N) is 1. The molecule has 2 heterocycles. The van der Waals surface area contributed by atoms with E-state index in [2.05, 4.69) is 17.2 Å². The largest absolute Gasteiger partial charge is 0.333 e. The predicted octanol–water partition coefficient (Wildman–Crippen LogP) is 4.67. The summed E-state index contributed by atoms with van der Waals surface area (Å²) in [4.78, 5) is 40.6. The lowest BCUT2D eigenvalue weighted by Crippen LogP contribution is -2.43. The van der Waals surface area contributed by atoms with Crippen LogP contribution < -0.4 is 10.6 Å². The van der Waals surface area contributed by atoms with E-state index in [-0.39, 0.29) is 23.8 Å². The lowest BCUT2D eigenvalue weighted by Gasteiger charge is -2.30. The number of hydrogen-bond donors (Lipinski definition) is 2. The van der Waals surface area contributed by atoms with Gasteiger partial charge in [0.2, 0.25) is 0 Å². The first-order chi connectivity index (χ1) is 14.3. The Balaban J connectivity index is 1.34. The summed E-state index contributed by atoms with van der Waals surface area (Å²) in [5.41, 5.74) is 3.42. The maximum Gasteiger partial charge on any atom is 0.319 e. The van der Waals surface area contributed by atoms with Crippen molar-refractivity contribution in [1.29, 1.82) is 0 Å². The fraction of sp³-hybridized carbons (Fsp3) is 0.318. The van der Waals surface area contributed by atoms with Gasteiger partial charge in [-0.3, -0.25) is 9.59 Å². The normalized spacial score (nSPS) is 18.5. The summed E-state index contributed by atoms with van der Waals surface area (Å²) in [6.07, 6.45) is 1.79. The number of nitrogens with one attached hydrogen (secondary N) is 2. The molecule has 8 heteroatoms. The van der Waals surface area contributed by atoms with Crippen molar-refractivity contribution in [3.05, 3.63) is 62.3 Å². The van der Waals surface area contributed by atoms with Gasteiger partial charge in [-0.25, -0.2) is 4.79 Å². The quantitative estimate of drug-likeness (QED) is 0.674. The first-order valence-corrected chi connectivity index (χ1v) is 10.9. The number of halogens is 1. The van der Waals surface area contributed by atoms with Crippen LogP contribution in [0, 0.1) is 6.92 Å². The molecule has 1 aromatic carbocycles. The third-order valence-electron chi connectivity index (χ3n) is 5.45. The van der Waals surface area contributed by atoms with Crippen molar-refractivity contribution in [2.24, 2.45) is 0 Å². The Morgan fingerprint density at radius 1 is 1.33 bits per heavy atom. The third kappa shape index (κ3) is 4.13. The number of anilines is 1. The molecule has 1 saturated carbocycles. The number of thiophene rings is 1. The fourth-order valence-corrected chi connectivity index (χ4v) is 5.05. The van der Waals surface area contributed by atoms with Gasteiger partial charge >= 0.3 is 6.03 Å². The van der Waals surface area contributed by atoms with Gasteiger partial charge in [-0.15, -0.1) is 11.3 Å². The van der Waals surface area contributed by atoms with Crippen LogP contribution in [0.2, 0.25) is 5.02 Å². The van der Waals surface area contributed by atoms with Crippen molar-refractivity contribution in [2.45, 2.75) is 45.3 Å². The number of hydrogen-bond acceptors (Lipinski definition) is 4. The highest BCUT2D eigenvalue weighted by Gasteiger charge is 2.39. The topological polar surface area (TPSA) is 78.5 Å². The molecule has 1 atom stereocenters. The first-order valence-electron chi connectivity index (χ1n) is 9.74. The van der Waals surface area contributed by atoms with Gasteiger partial charge in [0, 0.05) is 28.6 Å². The SMILES string of the molecule is C=C1CCC(N2Cc3cc(CNC(=O)Nc4ccc(C)c(Cl)c4)sc3C2=O)C(=O)C1. The van der Waals surface area contributed by atoms with E-state index in [9.17, 15) is 14.4 Å². The fourth-order valence-electron chi connectivity index (χ4n) is 3.81. The molecule has 0 spiro atoms. The molecule has 2 N–H and O–H groups in total. The number of allylic oxidation sites excluding steroid dienone is 1. The second-order valence-corrected chi connectivity index (χ2v) is 9.26. The van der Waals surface area contributed by atoms with Crippen LogP contribution >= 0.6 is 22.9 Å². The van der Waals surface area contributed by atoms with E-state index in [1.165, 1.54) is 11.3 Å². The van der Waals surface area contributed by atoms with E-state index in [1.807, 2.05) is 19.1 Å². The van der Waals surface area contributed by atoms with E-state index >= 15 is 0 Å². The average molecular weight is 444 g/mol. The molecular formula is C22H22ClN3O3S. The molecule has 2 aromatic rings. The molecule has 156 valence electrons. The standard InChI is InChI=1S/C22H22ClN3O3S/c1-12-3-6-18(19(27)7-12)26-11-14-8-16(30-20(14)21(26)28)10-24-22(29)25-15-5-4-13(2)17(23)9-15/h4-5,8-9,18H,1,3,6-7,10-11H2,2H3,(H2,24,25,29). The summed E-state index contributed by atoms with van der Waals surface area (Å²) in [6, 6.07) is 6.57. The molecule has 1 fully saturated rings. The summed E-state index contributed by atoms with van der Waals surface area (Å²) >= 11 is 7.45. The Morgan fingerprint density at radius 3 is 2.83 bits per heavy atom. The number of carbonyl (C=O) groups excluding carboxylic acids is 3. The molecule has 0 bridgehead atoms. The molecule has 1 aliphatic carbocycles. The molecule has 1 aromatic heterocycles. The van der Waals surface area contributed by atoms with E-state index in [1.54, 1.807) is 17.0 Å². The zero-order valence-corrected chi connectivity index (χ0v) is 18.2. The van der Waals surface area contributed by atoms with Crippen LogP contribution in [0.1, 0.15) is 44.9 Å². The van der Waals surface area contributed by atoms with Crippen LogP contribution in [0.3, 0.4) is 0 Å². The van der Waals surface area contributed by atoms with Crippen LogP contribution in [0.4, 0.5) is 10.5 Å². The van der Waals surface area contributed by atoms with Crippen molar-refractivity contribution in [2.75, 3.05) is 5.32 Å². The van der Waals surface area contributed by atoms with Gasteiger partial charge in [0.25, 0.3) is 5.91 Å². The van der Waals surface area contributed by atoms with E-state index < -0.39 is 0 Å². The number of aryl methyl sites for hydroxylation is 1. The van der Waals surface area contributed by atoms with Crippen molar-refractivity contribution in [3.8, 4) is 0 Å². The van der Waals surface area contributed by atoms with Crippen molar-refractivity contribution < 1.29 is 14.4 Å². The maximum atomic E-state index is 12.8. The molecule has 1 aliphatic heterocycles. The number of Topliss-reactive ketones (excluding diaryl/α,β-unsaturated/α-hetero) is 1. The van der Waals surface area contributed by atoms with Crippen LogP contribution in [0.15, 0.2) is 36.4 Å². The number of rotatable bonds is 4. The summed E-state index contributed by atoms with van der Waals surface area (Å²) in [7, 11) is 0. The Labute approximate surface area is 183 Å².